The van der Waals surface area contributed by atoms with Crippen molar-refractivity contribution in [1.82, 2.24) is 5.32 Å². The first-order valence-corrected chi connectivity index (χ1v) is 8.76. The Balaban J connectivity index is 2.52. The first-order chi connectivity index (χ1) is 10.8. The third-order valence-corrected chi connectivity index (χ3v) is 3.82. The molecule has 1 aromatic carbocycles. The summed E-state index contributed by atoms with van der Waals surface area (Å²) in [6.07, 6.45) is 2.85. The van der Waals surface area contributed by atoms with Crippen LogP contribution >= 0.6 is 15.9 Å². The highest BCUT2D eigenvalue weighted by Crippen LogP contribution is 2.23. The fourth-order valence-corrected chi connectivity index (χ4v) is 2.72. The van der Waals surface area contributed by atoms with Crippen LogP contribution in [0.3, 0.4) is 0 Å². The topological polar surface area (TPSA) is 55.4 Å². The van der Waals surface area contributed by atoms with Gasteiger partial charge in [0.2, 0.25) is 0 Å². The Labute approximate surface area is 147 Å². The van der Waals surface area contributed by atoms with Gasteiger partial charge >= 0.3 is 5.97 Å². The highest BCUT2D eigenvalue weighted by molar-refractivity contribution is 9.10. The van der Waals surface area contributed by atoms with Gasteiger partial charge in [0.1, 0.15) is 11.9 Å². The van der Waals surface area contributed by atoms with E-state index in [2.05, 4.69) is 28.2 Å². The van der Waals surface area contributed by atoms with Gasteiger partial charge in [-0.2, -0.15) is 0 Å². The Morgan fingerprint density at radius 1 is 1.39 bits per heavy atom. The molecule has 0 saturated heterocycles. The number of carbonyl (C=O) groups excluding carboxylic acids is 2. The van der Waals surface area contributed by atoms with Gasteiger partial charge in [-0.1, -0.05) is 28.9 Å². The fraction of sp³-hybridized carbons (Fsp3) is 0.556. The van der Waals surface area contributed by atoms with E-state index in [9.17, 15) is 9.59 Å². The van der Waals surface area contributed by atoms with Crippen LogP contribution in [0, 0.1) is 0 Å². The molecule has 1 atom stereocenters. The van der Waals surface area contributed by atoms with Gasteiger partial charge in [-0.15, -0.1) is 0 Å². The zero-order valence-corrected chi connectivity index (χ0v) is 15.9. The molecule has 128 valence electrons. The Morgan fingerprint density at radius 2 is 2.09 bits per heavy atom. The van der Waals surface area contributed by atoms with Gasteiger partial charge in [0.15, 0.2) is 0 Å². The van der Waals surface area contributed by atoms with Crippen molar-refractivity contribution in [1.29, 1.82) is 0 Å². The van der Waals surface area contributed by atoms with Crippen molar-refractivity contribution in [3.05, 3.63) is 33.8 Å². The SMILES string of the molecule is CCC(NCCCC(=O)OC(C)(C)C)c1ccc(Br)cc1C=O. The normalized spacial score (nSPS) is 12.7. The predicted octanol–water partition coefficient (Wildman–Crippen LogP) is 4.42. The number of rotatable bonds is 8. The molecule has 0 spiro atoms. The van der Waals surface area contributed by atoms with E-state index in [1.54, 1.807) is 0 Å². The molecule has 0 saturated carbocycles. The van der Waals surface area contributed by atoms with Crippen molar-refractivity contribution in [3.63, 3.8) is 0 Å². The summed E-state index contributed by atoms with van der Waals surface area (Å²) in [6.45, 7) is 8.37. The summed E-state index contributed by atoms with van der Waals surface area (Å²) in [6, 6.07) is 5.82. The Kier molecular flexibility index (Phi) is 7.92. The predicted molar refractivity (Wildman–Crippen MR) is 95.6 cm³/mol. The number of carbonyl (C=O) groups is 2. The van der Waals surface area contributed by atoms with E-state index in [1.165, 1.54) is 0 Å². The van der Waals surface area contributed by atoms with E-state index in [1.807, 2.05) is 39.0 Å². The van der Waals surface area contributed by atoms with Gasteiger partial charge < -0.3 is 10.1 Å². The van der Waals surface area contributed by atoms with Crippen LogP contribution < -0.4 is 5.32 Å². The van der Waals surface area contributed by atoms with E-state index in [-0.39, 0.29) is 12.0 Å². The van der Waals surface area contributed by atoms with Crippen LogP contribution in [0.1, 0.15) is 68.9 Å². The molecule has 0 bridgehead atoms. The van der Waals surface area contributed by atoms with Gasteiger partial charge in [-0.05, 0) is 57.9 Å². The molecule has 1 unspecified atom stereocenters. The molecule has 0 amide bonds. The Bertz CT molecular complexity index is 538. The zero-order chi connectivity index (χ0) is 17.5. The standard InChI is InChI=1S/C18H26BrNO3/c1-5-16(15-9-8-14(19)11-13(15)12-21)20-10-6-7-17(22)23-18(2,3)4/h8-9,11-12,16,20H,5-7,10H2,1-4H3. The van der Waals surface area contributed by atoms with E-state index < -0.39 is 5.60 Å². The van der Waals surface area contributed by atoms with Crippen molar-refractivity contribution in [2.45, 2.75) is 58.6 Å². The van der Waals surface area contributed by atoms with Crippen LogP contribution in [-0.2, 0) is 9.53 Å². The summed E-state index contributed by atoms with van der Waals surface area (Å²) in [5.41, 5.74) is 1.24. The lowest BCUT2D eigenvalue weighted by Crippen LogP contribution is -2.26. The van der Waals surface area contributed by atoms with Crippen molar-refractivity contribution in [3.8, 4) is 0 Å². The third kappa shape index (κ3) is 7.27. The van der Waals surface area contributed by atoms with Crippen molar-refractivity contribution < 1.29 is 14.3 Å². The molecule has 5 heteroatoms. The van der Waals surface area contributed by atoms with Crippen LogP contribution in [0.5, 0.6) is 0 Å². The minimum absolute atomic E-state index is 0.0990. The molecule has 0 radical (unpaired) electrons. The summed E-state index contributed by atoms with van der Waals surface area (Å²) in [4.78, 5) is 22.9. The molecule has 0 fully saturated rings. The second-order valence-electron chi connectivity index (χ2n) is 6.50. The van der Waals surface area contributed by atoms with E-state index in [4.69, 9.17) is 4.74 Å². The number of ether oxygens (including phenoxy) is 1. The summed E-state index contributed by atoms with van der Waals surface area (Å²) in [5, 5.41) is 3.42. The van der Waals surface area contributed by atoms with Crippen LogP contribution in [-0.4, -0.2) is 24.4 Å². The molecule has 0 aliphatic rings. The van der Waals surface area contributed by atoms with Crippen molar-refractivity contribution in [2.75, 3.05) is 6.54 Å². The average Bonchev–Trinajstić information content (AvgIpc) is 2.46. The molecule has 1 rings (SSSR count). The Hall–Kier alpha value is -1.20. The van der Waals surface area contributed by atoms with Gasteiger partial charge in [0.05, 0.1) is 0 Å². The monoisotopic (exact) mass is 383 g/mol. The molecular weight excluding hydrogens is 358 g/mol. The average molecular weight is 384 g/mol. The van der Waals surface area contributed by atoms with E-state index >= 15 is 0 Å². The number of hydrogen-bond acceptors (Lipinski definition) is 4. The summed E-state index contributed by atoms with van der Waals surface area (Å²) in [5.74, 6) is -0.176. The van der Waals surface area contributed by atoms with Crippen LogP contribution in [0.2, 0.25) is 0 Å². The number of hydrogen-bond donors (Lipinski definition) is 1. The van der Waals surface area contributed by atoms with Gasteiger partial charge in [-0.3, -0.25) is 9.59 Å². The molecule has 1 aromatic rings. The summed E-state index contributed by atoms with van der Waals surface area (Å²) >= 11 is 3.38. The molecule has 0 heterocycles. The Morgan fingerprint density at radius 3 is 2.65 bits per heavy atom. The largest absolute Gasteiger partial charge is 0.460 e. The van der Waals surface area contributed by atoms with Crippen LogP contribution in [0.4, 0.5) is 0 Å². The maximum Gasteiger partial charge on any atom is 0.306 e. The number of aldehydes is 1. The highest BCUT2D eigenvalue weighted by atomic mass is 79.9. The number of benzene rings is 1. The van der Waals surface area contributed by atoms with Crippen LogP contribution in [0.15, 0.2) is 22.7 Å². The van der Waals surface area contributed by atoms with E-state index in [0.717, 1.165) is 22.7 Å². The first-order valence-electron chi connectivity index (χ1n) is 7.96. The van der Waals surface area contributed by atoms with Gasteiger partial charge in [-0.25, -0.2) is 0 Å². The second kappa shape index (κ2) is 9.18. The lowest BCUT2D eigenvalue weighted by Gasteiger charge is -2.21. The number of nitrogens with one attached hydrogen (secondary N) is 1. The third-order valence-electron chi connectivity index (χ3n) is 3.33. The van der Waals surface area contributed by atoms with Crippen molar-refractivity contribution >= 4 is 28.2 Å². The summed E-state index contributed by atoms with van der Waals surface area (Å²) < 4.78 is 6.18. The van der Waals surface area contributed by atoms with Crippen LogP contribution in [0.25, 0.3) is 0 Å². The minimum atomic E-state index is -0.438. The van der Waals surface area contributed by atoms with E-state index in [0.29, 0.717) is 24.9 Å². The molecule has 4 nitrogen and oxygen atoms in total. The molecule has 0 aromatic heterocycles. The molecule has 1 N–H and O–H groups in total. The molecule has 0 aliphatic carbocycles. The first kappa shape index (κ1) is 19.8. The quantitative estimate of drug-likeness (QED) is 0.409. The number of esters is 1. The van der Waals surface area contributed by atoms with Gasteiger partial charge in [0, 0.05) is 22.5 Å². The zero-order valence-electron chi connectivity index (χ0n) is 14.3. The fourth-order valence-electron chi connectivity index (χ4n) is 2.34. The van der Waals surface area contributed by atoms with Gasteiger partial charge in [0.25, 0.3) is 0 Å². The minimum Gasteiger partial charge on any atom is -0.460 e. The smallest absolute Gasteiger partial charge is 0.306 e. The maximum absolute atomic E-state index is 11.7. The number of halogens is 1. The lowest BCUT2D eigenvalue weighted by atomic mass is 9.99. The molecule has 0 aliphatic heterocycles. The lowest BCUT2D eigenvalue weighted by molar-refractivity contribution is -0.154. The summed E-state index contributed by atoms with van der Waals surface area (Å²) in [7, 11) is 0. The molecule has 23 heavy (non-hydrogen) atoms. The van der Waals surface area contributed by atoms with Crippen molar-refractivity contribution in [2.24, 2.45) is 0 Å². The second-order valence-corrected chi connectivity index (χ2v) is 7.41. The maximum atomic E-state index is 11.7. The molecular formula is C18H26BrNO3. The highest BCUT2D eigenvalue weighted by Gasteiger charge is 2.16.